The molecule has 0 aromatic heterocycles. The molecule has 4 aliphatic rings. The number of hydrogen-bond acceptors (Lipinski definition) is 7. The molecule has 0 bridgehead atoms. The van der Waals surface area contributed by atoms with Gasteiger partial charge >= 0.3 is 5.97 Å². The van der Waals surface area contributed by atoms with Gasteiger partial charge in [-0.25, -0.2) is 9.69 Å². The number of halogens is 1. The van der Waals surface area contributed by atoms with Gasteiger partial charge in [-0.2, -0.15) is 0 Å². The van der Waals surface area contributed by atoms with Crippen molar-refractivity contribution in [1.29, 1.82) is 0 Å². The normalized spacial score (nSPS) is 27.2. The van der Waals surface area contributed by atoms with Crippen LogP contribution in [-0.2, 0) is 24.7 Å². The maximum absolute atomic E-state index is 13.1. The first-order valence-electron chi connectivity index (χ1n) is 10.1. The summed E-state index contributed by atoms with van der Waals surface area (Å²) in [5.41, 5.74) is 0.240. The number of phenolic OH excluding ortho intramolecular Hbond substituents is 1. The van der Waals surface area contributed by atoms with Crippen LogP contribution in [0.4, 0.5) is 5.69 Å². The summed E-state index contributed by atoms with van der Waals surface area (Å²) in [6.07, 6.45) is 3.82. The van der Waals surface area contributed by atoms with Crippen molar-refractivity contribution in [1.82, 2.24) is 0 Å². The number of anilines is 1. The minimum atomic E-state index is -1.29. The summed E-state index contributed by atoms with van der Waals surface area (Å²) in [5.74, 6) is -1.97. The van der Waals surface area contributed by atoms with E-state index in [2.05, 4.69) is 15.9 Å². The van der Waals surface area contributed by atoms with Gasteiger partial charge in [-0.3, -0.25) is 14.4 Å². The number of allylic oxidation sites excluding steroid dienone is 1. The maximum atomic E-state index is 13.1. The Bertz CT molecular complexity index is 1380. The molecule has 164 valence electrons. The van der Waals surface area contributed by atoms with Crippen LogP contribution in [0.2, 0.25) is 0 Å². The number of nitrogens with zero attached hydrogens (tertiary/aromatic N) is 1. The third kappa shape index (κ3) is 2.62. The van der Waals surface area contributed by atoms with E-state index in [0.717, 1.165) is 4.90 Å². The number of ketones is 1. The van der Waals surface area contributed by atoms with Crippen molar-refractivity contribution in [2.24, 2.45) is 5.92 Å². The molecule has 0 saturated carbocycles. The van der Waals surface area contributed by atoms with Crippen LogP contribution in [0.5, 0.6) is 11.5 Å². The summed E-state index contributed by atoms with van der Waals surface area (Å²) in [6.45, 7) is 0. The maximum Gasteiger partial charge on any atom is 0.339 e. The van der Waals surface area contributed by atoms with Gasteiger partial charge in [0.2, 0.25) is 0 Å². The zero-order valence-corrected chi connectivity index (χ0v) is 18.4. The van der Waals surface area contributed by atoms with E-state index in [9.17, 15) is 24.3 Å². The highest BCUT2D eigenvalue weighted by Gasteiger charge is 2.59. The third-order valence-corrected chi connectivity index (χ3v) is 6.99. The lowest BCUT2D eigenvalue weighted by Crippen LogP contribution is -2.50. The summed E-state index contributed by atoms with van der Waals surface area (Å²) in [7, 11) is 0. The quantitative estimate of drug-likeness (QED) is 0.466. The van der Waals surface area contributed by atoms with Gasteiger partial charge < -0.3 is 14.6 Å². The van der Waals surface area contributed by atoms with E-state index < -0.39 is 35.4 Å². The Morgan fingerprint density at radius 1 is 1.06 bits per heavy atom. The Hall–Kier alpha value is -3.72. The predicted octanol–water partition coefficient (Wildman–Crippen LogP) is 2.86. The highest BCUT2D eigenvalue weighted by molar-refractivity contribution is 9.12. The fraction of sp³-hybridized carbons (Fsp3) is 0.167. The second kappa shape index (κ2) is 6.64. The molecule has 1 spiro atoms. The first-order valence-corrected chi connectivity index (χ1v) is 10.9. The summed E-state index contributed by atoms with van der Waals surface area (Å²) in [5, 5.41) is 10.00. The molecular weight excluding hydrogens is 494 g/mol. The molecule has 33 heavy (non-hydrogen) atoms. The number of aromatic hydroxyl groups is 1. The van der Waals surface area contributed by atoms with Crippen molar-refractivity contribution in [2.45, 2.75) is 18.1 Å². The Morgan fingerprint density at radius 2 is 1.85 bits per heavy atom. The van der Waals surface area contributed by atoms with E-state index in [1.54, 1.807) is 24.3 Å². The average molecular weight is 508 g/mol. The molecule has 3 aliphatic heterocycles. The summed E-state index contributed by atoms with van der Waals surface area (Å²) < 4.78 is 12.2. The molecule has 2 aromatic carbocycles. The van der Waals surface area contributed by atoms with Gasteiger partial charge in [0.1, 0.15) is 17.6 Å². The first-order chi connectivity index (χ1) is 15.8. The van der Waals surface area contributed by atoms with Gasteiger partial charge in [-0.1, -0.05) is 12.1 Å². The fourth-order valence-electron chi connectivity index (χ4n) is 5.05. The zero-order valence-electron chi connectivity index (χ0n) is 16.8. The average Bonchev–Trinajstić information content (AvgIpc) is 3.20. The van der Waals surface area contributed by atoms with E-state index in [-0.39, 0.29) is 33.7 Å². The number of esters is 1. The monoisotopic (exact) mass is 507 g/mol. The lowest BCUT2D eigenvalue weighted by molar-refractivity contribution is -0.121. The highest BCUT2D eigenvalue weighted by atomic mass is 79.9. The molecule has 9 heteroatoms. The summed E-state index contributed by atoms with van der Waals surface area (Å²) >= 11 is 3.07. The Kier molecular flexibility index (Phi) is 4.01. The van der Waals surface area contributed by atoms with Gasteiger partial charge in [0, 0.05) is 29.7 Å². The number of amides is 2. The van der Waals surface area contributed by atoms with Crippen LogP contribution in [0.25, 0.3) is 0 Å². The molecule has 2 aromatic rings. The fourth-order valence-corrected chi connectivity index (χ4v) is 5.43. The molecule has 0 radical (unpaired) electrons. The largest absolute Gasteiger partial charge is 0.508 e. The Balaban J connectivity index is 1.55. The van der Waals surface area contributed by atoms with Gasteiger partial charge in [-0.05, 0) is 46.3 Å². The second-order valence-electron chi connectivity index (χ2n) is 8.22. The first kappa shape index (κ1) is 19.9. The van der Waals surface area contributed by atoms with Crippen molar-refractivity contribution >= 4 is 45.2 Å². The number of carbonyl (C=O) groups excluding carboxylic acids is 4. The lowest BCUT2D eigenvalue weighted by atomic mass is 9.69. The number of phenols is 1. The van der Waals surface area contributed by atoms with Gasteiger partial charge in [0.25, 0.3) is 11.8 Å². The molecule has 3 heterocycles. The van der Waals surface area contributed by atoms with Crippen LogP contribution in [0, 0.1) is 5.92 Å². The minimum absolute atomic E-state index is 0.0240. The van der Waals surface area contributed by atoms with Crippen LogP contribution in [-0.4, -0.2) is 34.8 Å². The lowest BCUT2D eigenvalue weighted by Gasteiger charge is -2.45. The topological polar surface area (TPSA) is 110 Å². The van der Waals surface area contributed by atoms with Crippen molar-refractivity contribution in [3.05, 3.63) is 75.8 Å². The van der Waals surface area contributed by atoms with Crippen molar-refractivity contribution in [2.75, 3.05) is 4.90 Å². The Morgan fingerprint density at radius 3 is 2.61 bits per heavy atom. The number of carbonyl (C=O) groups is 4. The number of imide groups is 1. The highest BCUT2D eigenvalue weighted by Crippen LogP contribution is 2.56. The van der Waals surface area contributed by atoms with Gasteiger partial charge in [-0.15, -0.1) is 0 Å². The van der Waals surface area contributed by atoms with Crippen molar-refractivity contribution in [3.8, 4) is 11.5 Å². The number of fused-ring (bicyclic) bond motifs is 6. The zero-order chi connectivity index (χ0) is 23.1. The number of hydrogen-bond donors (Lipinski definition) is 1. The van der Waals surface area contributed by atoms with Gasteiger partial charge in [0.05, 0.1) is 21.7 Å². The van der Waals surface area contributed by atoms with E-state index in [4.69, 9.17) is 9.47 Å². The smallest absolute Gasteiger partial charge is 0.339 e. The molecule has 6 rings (SSSR count). The van der Waals surface area contributed by atoms with E-state index in [0.29, 0.717) is 16.9 Å². The molecule has 2 amide bonds. The molecule has 1 N–H and O–H groups in total. The molecule has 0 saturated heterocycles. The molecular formula is C24H14BrNO7. The summed E-state index contributed by atoms with van der Waals surface area (Å²) in [4.78, 5) is 50.9. The summed E-state index contributed by atoms with van der Waals surface area (Å²) in [6, 6.07) is 9.25. The van der Waals surface area contributed by atoms with Crippen LogP contribution >= 0.6 is 15.9 Å². The van der Waals surface area contributed by atoms with Crippen LogP contribution < -0.4 is 9.64 Å². The van der Waals surface area contributed by atoms with Crippen LogP contribution in [0.3, 0.4) is 0 Å². The minimum Gasteiger partial charge on any atom is -0.508 e. The molecule has 0 fully saturated rings. The molecule has 1 aliphatic carbocycles. The molecule has 8 nitrogen and oxygen atoms in total. The Labute approximate surface area is 195 Å². The number of ether oxygens (including phenoxy) is 2. The second-order valence-corrected chi connectivity index (χ2v) is 9.07. The standard InChI is InChI=1S/C24H14BrNO7/c25-18-10-21(29)26(22(18)30)11-1-4-15-14(7-11)23(31)33-24(15)16-5-2-12(27)8-19(16)32-20-9-13(28)3-6-17(20)24/h1-8,10,17,20,27H,9H2. The van der Waals surface area contributed by atoms with Crippen molar-refractivity contribution < 1.29 is 33.8 Å². The van der Waals surface area contributed by atoms with Crippen LogP contribution in [0.1, 0.15) is 27.9 Å². The predicted molar refractivity (Wildman–Crippen MR) is 117 cm³/mol. The van der Waals surface area contributed by atoms with Gasteiger partial charge in [0.15, 0.2) is 11.4 Å². The van der Waals surface area contributed by atoms with E-state index in [1.807, 2.05) is 0 Å². The van der Waals surface area contributed by atoms with Crippen molar-refractivity contribution in [3.63, 3.8) is 0 Å². The van der Waals surface area contributed by atoms with E-state index >= 15 is 0 Å². The number of benzene rings is 2. The number of rotatable bonds is 1. The third-order valence-electron chi connectivity index (χ3n) is 6.42. The molecule has 3 unspecified atom stereocenters. The van der Waals surface area contributed by atoms with E-state index in [1.165, 1.54) is 30.4 Å². The van der Waals surface area contributed by atoms with Crippen LogP contribution in [0.15, 0.2) is 59.1 Å². The molecule has 3 atom stereocenters. The SMILES string of the molecule is O=C1C=CC2C(C1)Oc1cc(O)ccc1C21OC(=O)c2cc(N3C(=O)C=C(Br)C3=O)ccc21.